The van der Waals surface area contributed by atoms with Crippen molar-refractivity contribution in [2.45, 2.75) is 24.4 Å². The summed E-state index contributed by atoms with van der Waals surface area (Å²) in [7, 11) is -3.72. The fourth-order valence-electron chi connectivity index (χ4n) is 1.84. The molecule has 0 aliphatic rings. The van der Waals surface area contributed by atoms with Gasteiger partial charge in [-0.2, -0.15) is 0 Å². The Labute approximate surface area is 123 Å². The molecular formula is C14H16FN3O2S. The van der Waals surface area contributed by atoms with E-state index in [0.717, 1.165) is 0 Å². The van der Waals surface area contributed by atoms with E-state index in [0.29, 0.717) is 11.3 Å². The van der Waals surface area contributed by atoms with Crippen LogP contribution in [0, 0.1) is 5.82 Å². The molecule has 0 amide bonds. The molecule has 0 bridgehead atoms. The molecule has 1 unspecified atom stereocenters. The molecule has 2 rings (SSSR count). The van der Waals surface area contributed by atoms with Gasteiger partial charge in [-0.3, -0.25) is 4.98 Å². The lowest BCUT2D eigenvalue weighted by atomic mass is 10.1. The van der Waals surface area contributed by atoms with Crippen LogP contribution in [0.15, 0.2) is 47.5 Å². The highest BCUT2D eigenvalue weighted by atomic mass is 32.2. The van der Waals surface area contributed by atoms with Crippen molar-refractivity contribution in [1.29, 1.82) is 0 Å². The Bertz CT molecular complexity index is 717. The summed E-state index contributed by atoms with van der Waals surface area (Å²) in [6, 6.07) is 8.24. The Hall–Kier alpha value is -1.83. The third-order valence-electron chi connectivity index (χ3n) is 3.00. The first-order valence-electron chi connectivity index (χ1n) is 6.35. The predicted octanol–water partition coefficient (Wildman–Crippen LogP) is 1.72. The van der Waals surface area contributed by atoms with Crippen molar-refractivity contribution in [3.05, 3.63) is 59.7 Å². The first-order valence-corrected chi connectivity index (χ1v) is 7.83. The number of pyridine rings is 1. The van der Waals surface area contributed by atoms with Crippen molar-refractivity contribution in [2.75, 3.05) is 0 Å². The zero-order valence-electron chi connectivity index (χ0n) is 11.5. The molecule has 0 saturated carbocycles. The van der Waals surface area contributed by atoms with E-state index in [1.54, 1.807) is 19.1 Å². The van der Waals surface area contributed by atoms with Gasteiger partial charge in [-0.25, -0.2) is 17.5 Å². The van der Waals surface area contributed by atoms with E-state index in [-0.39, 0.29) is 11.4 Å². The standard InChI is InChI=1S/C14H16FN3O2S/c1-10(11-3-2-4-12(15)7-11)18-21(19,20)14-6-5-13(8-16)17-9-14/h2-7,9-10,18H,8,16H2,1H3. The third kappa shape index (κ3) is 3.84. The maximum absolute atomic E-state index is 13.2. The first-order chi connectivity index (χ1) is 9.92. The summed E-state index contributed by atoms with van der Waals surface area (Å²) in [5, 5.41) is 0. The van der Waals surface area contributed by atoms with Crippen LogP contribution in [0.25, 0.3) is 0 Å². The van der Waals surface area contributed by atoms with Gasteiger partial charge in [0.2, 0.25) is 10.0 Å². The third-order valence-corrected chi connectivity index (χ3v) is 4.52. The molecule has 1 atom stereocenters. The van der Waals surface area contributed by atoms with Gasteiger partial charge in [0.1, 0.15) is 10.7 Å². The number of aromatic nitrogens is 1. The zero-order chi connectivity index (χ0) is 15.5. The van der Waals surface area contributed by atoms with E-state index in [1.165, 1.54) is 30.5 Å². The zero-order valence-corrected chi connectivity index (χ0v) is 12.3. The van der Waals surface area contributed by atoms with Crippen LogP contribution in [0.2, 0.25) is 0 Å². The van der Waals surface area contributed by atoms with E-state index in [4.69, 9.17) is 5.73 Å². The topological polar surface area (TPSA) is 85.1 Å². The number of sulfonamides is 1. The Balaban J connectivity index is 2.20. The van der Waals surface area contributed by atoms with Crippen LogP contribution in [0.1, 0.15) is 24.2 Å². The van der Waals surface area contributed by atoms with Crippen molar-refractivity contribution >= 4 is 10.0 Å². The summed E-state index contributed by atoms with van der Waals surface area (Å²) in [5.74, 6) is -0.410. The van der Waals surface area contributed by atoms with Crippen LogP contribution >= 0.6 is 0 Å². The Morgan fingerprint density at radius 2 is 2.10 bits per heavy atom. The molecule has 0 saturated heterocycles. The van der Waals surface area contributed by atoms with Crippen molar-refractivity contribution in [1.82, 2.24) is 9.71 Å². The van der Waals surface area contributed by atoms with E-state index in [1.807, 2.05) is 0 Å². The molecule has 0 spiro atoms. The van der Waals surface area contributed by atoms with Gasteiger partial charge in [0.25, 0.3) is 0 Å². The largest absolute Gasteiger partial charge is 0.325 e. The molecule has 0 radical (unpaired) electrons. The highest BCUT2D eigenvalue weighted by Gasteiger charge is 2.19. The number of benzene rings is 1. The minimum absolute atomic E-state index is 0.0444. The predicted molar refractivity (Wildman–Crippen MR) is 77.3 cm³/mol. The van der Waals surface area contributed by atoms with Crippen LogP contribution in [0.3, 0.4) is 0 Å². The Morgan fingerprint density at radius 1 is 1.33 bits per heavy atom. The van der Waals surface area contributed by atoms with Gasteiger partial charge in [-0.15, -0.1) is 0 Å². The summed E-state index contributed by atoms with van der Waals surface area (Å²) >= 11 is 0. The van der Waals surface area contributed by atoms with Crippen LogP contribution in [0.5, 0.6) is 0 Å². The van der Waals surface area contributed by atoms with E-state index >= 15 is 0 Å². The minimum atomic E-state index is -3.72. The monoisotopic (exact) mass is 309 g/mol. The van der Waals surface area contributed by atoms with Gasteiger partial charge in [0.15, 0.2) is 0 Å². The average molecular weight is 309 g/mol. The molecular weight excluding hydrogens is 293 g/mol. The van der Waals surface area contributed by atoms with Crippen LogP contribution < -0.4 is 10.5 Å². The highest BCUT2D eigenvalue weighted by Crippen LogP contribution is 2.17. The lowest BCUT2D eigenvalue weighted by Gasteiger charge is -2.14. The number of hydrogen-bond donors (Lipinski definition) is 2. The maximum Gasteiger partial charge on any atom is 0.242 e. The molecule has 1 aromatic heterocycles. The van der Waals surface area contributed by atoms with Gasteiger partial charge >= 0.3 is 0 Å². The fourth-order valence-corrected chi connectivity index (χ4v) is 3.01. The number of hydrogen-bond acceptors (Lipinski definition) is 4. The average Bonchev–Trinajstić information content (AvgIpc) is 2.47. The van der Waals surface area contributed by atoms with Gasteiger partial charge in [0, 0.05) is 18.8 Å². The molecule has 1 aromatic carbocycles. The summed E-state index contributed by atoms with van der Waals surface area (Å²) in [6.45, 7) is 1.89. The van der Waals surface area contributed by atoms with E-state index in [2.05, 4.69) is 9.71 Å². The summed E-state index contributed by atoms with van der Waals surface area (Å²) in [5.41, 5.74) is 6.57. The van der Waals surface area contributed by atoms with Crippen molar-refractivity contribution in [3.8, 4) is 0 Å². The van der Waals surface area contributed by atoms with E-state index < -0.39 is 21.9 Å². The van der Waals surface area contributed by atoms with Gasteiger partial charge in [0.05, 0.1) is 5.69 Å². The van der Waals surface area contributed by atoms with Crippen LogP contribution in [0.4, 0.5) is 4.39 Å². The quantitative estimate of drug-likeness (QED) is 0.880. The van der Waals surface area contributed by atoms with Crippen molar-refractivity contribution < 1.29 is 12.8 Å². The number of halogens is 1. The summed E-state index contributed by atoms with van der Waals surface area (Å²) in [6.07, 6.45) is 1.25. The number of nitrogens with two attached hydrogens (primary N) is 1. The smallest absolute Gasteiger partial charge is 0.242 e. The first kappa shape index (κ1) is 15.6. The normalized spacial score (nSPS) is 13.1. The minimum Gasteiger partial charge on any atom is -0.325 e. The molecule has 1 heterocycles. The Morgan fingerprint density at radius 3 is 2.67 bits per heavy atom. The molecule has 0 fully saturated rings. The van der Waals surface area contributed by atoms with Crippen molar-refractivity contribution in [3.63, 3.8) is 0 Å². The SMILES string of the molecule is CC(NS(=O)(=O)c1ccc(CN)nc1)c1cccc(F)c1. The molecule has 21 heavy (non-hydrogen) atoms. The molecule has 2 aromatic rings. The maximum atomic E-state index is 13.2. The molecule has 112 valence electrons. The molecule has 0 aliphatic carbocycles. The number of rotatable bonds is 5. The fraction of sp³-hybridized carbons (Fsp3) is 0.214. The number of nitrogens with zero attached hydrogens (tertiary/aromatic N) is 1. The second kappa shape index (κ2) is 6.30. The summed E-state index contributed by atoms with van der Waals surface area (Å²) < 4.78 is 40.1. The van der Waals surface area contributed by atoms with Crippen LogP contribution in [-0.4, -0.2) is 13.4 Å². The molecule has 0 aliphatic heterocycles. The van der Waals surface area contributed by atoms with Gasteiger partial charge in [-0.1, -0.05) is 12.1 Å². The molecule has 3 N–H and O–H groups in total. The second-order valence-corrected chi connectivity index (χ2v) is 6.30. The highest BCUT2D eigenvalue weighted by molar-refractivity contribution is 7.89. The van der Waals surface area contributed by atoms with Gasteiger partial charge in [-0.05, 0) is 36.8 Å². The van der Waals surface area contributed by atoms with Crippen LogP contribution in [-0.2, 0) is 16.6 Å². The second-order valence-electron chi connectivity index (χ2n) is 4.59. The Kier molecular flexibility index (Phi) is 4.66. The number of nitrogens with one attached hydrogen (secondary N) is 1. The molecule has 5 nitrogen and oxygen atoms in total. The lowest BCUT2D eigenvalue weighted by Crippen LogP contribution is -2.27. The summed E-state index contributed by atoms with van der Waals surface area (Å²) in [4.78, 5) is 4.00. The molecule has 7 heteroatoms. The van der Waals surface area contributed by atoms with Gasteiger partial charge < -0.3 is 5.73 Å². The van der Waals surface area contributed by atoms with Crippen molar-refractivity contribution in [2.24, 2.45) is 5.73 Å². The van der Waals surface area contributed by atoms with E-state index in [9.17, 15) is 12.8 Å². The lowest BCUT2D eigenvalue weighted by molar-refractivity contribution is 0.564.